The number of halogens is 1. The van der Waals surface area contributed by atoms with Gasteiger partial charge in [0.1, 0.15) is 10.8 Å². The molecule has 1 N–H and O–H groups in total. The monoisotopic (exact) mass is 324 g/mol. The van der Waals surface area contributed by atoms with Gasteiger partial charge in [-0.15, -0.1) is 0 Å². The van der Waals surface area contributed by atoms with Crippen LogP contribution >= 0.6 is 11.6 Å². The van der Waals surface area contributed by atoms with Gasteiger partial charge >= 0.3 is 0 Å². The largest absolute Gasteiger partial charge is 0.289 e. The first-order valence-electron chi connectivity index (χ1n) is 6.95. The SMILES string of the molecule is Cc1ccc2cc(/C=N\NC(=O)c3ccccn3)c(Cl)nc2c1. The lowest BCUT2D eigenvalue weighted by molar-refractivity contribution is 0.0950. The highest BCUT2D eigenvalue weighted by molar-refractivity contribution is 6.32. The van der Waals surface area contributed by atoms with Gasteiger partial charge in [0.2, 0.25) is 0 Å². The second-order valence-electron chi connectivity index (χ2n) is 4.98. The number of hydrogen-bond donors (Lipinski definition) is 1. The number of nitrogens with one attached hydrogen (secondary N) is 1. The van der Waals surface area contributed by atoms with Gasteiger partial charge in [0, 0.05) is 17.1 Å². The summed E-state index contributed by atoms with van der Waals surface area (Å²) in [4.78, 5) is 20.1. The molecular formula is C17H13ClN4O. The predicted octanol–water partition coefficient (Wildman–Crippen LogP) is 3.36. The number of amides is 1. The van der Waals surface area contributed by atoms with Gasteiger partial charge in [-0.3, -0.25) is 9.78 Å². The Morgan fingerprint density at radius 3 is 2.91 bits per heavy atom. The minimum atomic E-state index is -0.387. The summed E-state index contributed by atoms with van der Waals surface area (Å²) in [5.41, 5.74) is 5.28. The van der Waals surface area contributed by atoms with Gasteiger partial charge in [-0.2, -0.15) is 5.10 Å². The van der Waals surface area contributed by atoms with E-state index in [2.05, 4.69) is 20.5 Å². The van der Waals surface area contributed by atoms with Crippen LogP contribution in [-0.2, 0) is 0 Å². The molecular weight excluding hydrogens is 312 g/mol. The third-order valence-corrected chi connectivity index (χ3v) is 3.52. The summed E-state index contributed by atoms with van der Waals surface area (Å²) < 4.78 is 0. The van der Waals surface area contributed by atoms with Crippen molar-refractivity contribution in [2.24, 2.45) is 5.10 Å². The Balaban J connectivity index is 1.79. The van der Waals surface area contributed by atoms with Crippen molar-refractivity contribution >= 4 is 34.6 Å². The summed E-state index contributed by atoms with van der Waals surface area (Å²) in [6.07, 6.45) is 3.01. The number of nitrogens with zero attached hydrogens (tertiary/aromatic N) is 3. The van der Waals surface area contributed by atoms with E-state index >= 15 is 0 Å². The van der Waals surface area contributed by atoms with Crippen LogP contribution in [0.15, 0.2) is 53.8 Å². The molecule has 0 radical (unpaired) electrons. The molecule has 0 saturated carbocycles. The van der Waals surface area contributed by atoms with Gasteiger partial charge in [0.25, 0.3) is 5.91 Å². The van der Waals surface area contributed by atoms with Crippen LogP contribution in [-0.4, -0.2) is 22.1 Å². The van der Waals surface area contributed by atoms with Crippen LogP contribution in [0.5, 0.6) is 0 Å². The molecule has 6 heteroatoms. The summed E-state index contributed by atoms with van der Waals surface area (Å²) in [6.45, 7) is 2.00. The predicted molar refractivity (Wildman–Crippen MR) is 90.8 cm³/mol. The van der Waals surface area contributed by atoms with E-state index in [4.69, 9.17) is 11.6 Å². The summed E-state index contributed by atoms with van der Waals surface area (Å²) >= 11 is 6.16. The van der Waals surface area contributed by atoms with Crippen LogP contribution in [0.2, 0.25) is 5.15 Å². The molecule has 0 fully saturated rings. The van der Waals surface area contributed by atoms with Crippen LogP contribution in [0.1, 0.15) is 21.6 Å². The van der Waals surface area contributed by atoms with E-state index in [1.54, 1.807) is 24.4 Å². The maximum absolute atomic E-state index is 11.8. The zero-order chi connectivity index (χ0) is 16.2. The van der Waals surface area contributed by atoms with Gasteiger partial charge in [0.05, 0.1) is 11.7 Å². The second kappa shape index (κ2) is 6.54. The lowest BCUT2D eigenvalue weighted by Gasteiger charge is -2.03. The Bertz CT molecular complexity index is 894. The first-order chi connectivity index (χ1) is 11.1. The number of carbonyl (C=O) groups is 1. The minimum absolute atomic E-state index is 0.294. The molecule has 0 atom stereocenters. The average Bonchev–Trinajstić information content (AvgIpc) is 2.56. The highest BCUT2D eigenvalue weighted by Crippen LogP contribution is 2.20. The summed E-state index contributed by atoms with van der Waals surface area (Å²) in [6, 6.07) is 12.9. The molecule has 0 bridgehead atoms. The standard InChI is InChI=1S/C17H13ClN4O/c1-11-5-6-12-9-13(16(18)21-15(12)8-11)10-20-22-17(23)14-4-2-3-7-19-14/h2-10H,1H3,(H,22,23)/b20-10-. The second-order valence-corrected chi connectivity index (χ2v) is 5.34. The number of aryl methyl sites for hydroxylation is 1. The maximum Gasteiger partial charge on any atom is 0.289 e. The van der Waals surface area contributed by atoms with Gasteiger partial charge in [-0.1, -0.05) is 29.8 Å². The van der Waals surface area contributed by atoms with Crippen molar-refractivity contribution in [2.75, 3.05) is 0 Å². The van der Waals surface area contributed by atoms with E-state index in [1.807, 2.05) is 31.2 Å². The molecule has 1 aromatic carbocycles. The van der Waals surface area contributed by atoms with Crippen molar-refractivity contribution in [3.05, 3.63) is 70.6 Å². The Labute approximate surface area is 138 Å². The first-order valence-corrected chi connectivity index (χ1v) is 7.32. The highest BCUT2D eigenvalue weighted by Gasteiger charge is 2.05. The summed E-state index contributed by atoms with van der Waals surface area (Å²) in [5.74, 6) is -0.387. The Morgan fingerprint density at radius 1 is 1.26 bits per heavy atom. The zero-order valence-corrected chi connectivity index (χ0v) is 13.1. The summed E-state index contributed by atoms with van der Waals surface area (Å²) in [7, 11) is 0. The van der Waals surface area contributed by atoms with Crippen LogP contribution < -0.4 is 5.43 Å². The van der Waals surface area contributed by atoms with Crippen LogP contribution in [0.4, 0.5) is 0 Å². The number of pyridine rings is 2. The third-order valence-electron chi connectivity index (χ3n) is 3.22. The first kappa shape index (κ1) is 15.1. The van der Waals surface area contributed by atoms with Crippen LogP contribution in [0.3, 0.4) is 0 Å². The molecule has 0 spiro atoms. The number of benzene rings is 1. The van der Waals surface area contributed by atoms with Crippen molar-refractivity contribution in [3.63, 3.8) is 0 Å². The van der Waals surface area contributed by atoms with Gasteiger partial charge in [-0.25, -0.2) is 10.4 Å². The number of hydrazone groups is 1. The lowest BCUT2D eigenvalue weighted by Crippen LogP contribution is -2.18. The topological polar surface area (TPSA) is 67.2 Å². The molecule has 23 heavy (non-hydrogen) atoms. The van der Waals surface area contributed by atoms with Gasteiger partial charge < -0.3 is 0 Å². The number of carbonyl (C=O) groups excluding carboxylic acids is 1. The average molecular weight is 325 g/mol. The highest BCUT2D eigenvalue weighted by atomic mass is 35.5. The number of rotatable bonds is 3. The van der Waals surface area contributed by atoms with E-state index in [1.165, 1.54) is 6.21 Å². The third kappa shape index (κ3) is 3.52. The fraction of sp³-hybridized carbons (Fsp3) is 0.0588. The number of fused-ring (bicyclic) bond motifs is 1. The lowest BCUT2D eigenvalue weighted by atomic mass is 10.1. The molecule has 0 aliphatic rings. The van der Waals surface area contributed by atoms with E-state index in [-0.39, 0.29) is 5.91 Å². The molecule has 2 heterocycles. The zero-order valence-electron chi connectivity index (χ0n) is 12.3. The van der Waals surface area contributed by atoms with Crippen molar-refractivity contribution < 1.29 is 4.79 Å². The van der Waals surface area contributed by atoms with Crippen molar-refractivity contribution in [3.8, 4) is 0 Å². The van der Waals surface area contributed by atoms with Crippen molar-refractivity contribution in [2.45, 2.75) is 6.92 Å². The normalized spacial score (nSPS) is 11.0. The molecule has 0 unspecified atom stereocenters. The van der Waals surface area contributed by atoms with E-state index < -0.39 is 0 Å². The van der Waals surface area contributed by atoms with Crippen LogP contribution in [0, 0.1) is 6.92 Å². The Kier molecular flexibility index (Phi) is 4.30. The quantitative estimate of drug-likeness (QED) is 0.456. The van der Waals surface area contributed by atoms with E-state index in [0.29, 0.717) is 16.4 Å². The fourth-order valence-electron chi connectivity index (χ4n) is 2.08. The van der Waals surface area contributed by atoms with E-state index in [9.17, 15) is 4.79 Å². The van der Waals surface area contributed by atoms with Crippen LogP contribution in [0.25, 0.3) is 10.9 Å². The maximum atomic E-state index is 11.8. The van der Waals surface area contributed by atoms with E-state index in [0.717, 1.165) is 16.5 Å². The Morgan fingerprint density at radius 2 is 2.13 bits per heavy atom. The number of aromatic nitrogens is 2. The number of hydrogen-bond acceptors (Lipinski definition) is 4. The molecule has 5 nitrogen and oxygen atoms in total. The minimum Gasteiger partial charge on any atom is -0.266 e. The Hall–Kier alpha value is -2.79. The van der Waals surface area contributed by atoms with Gasteiger partial charge in [0.15, 0.2) is 0 Å². The molecule has 114 valence electrons. The smallest absolute Gasteiger partial charge is 0.266 e. The van der Waals surface area contributed by atoms with Gasteiger partial charge in [-0.05, 0) is 36.8 Å². The molecule has 0 aliphatic carbocycles. The molecule has 0 saturated heterocycles. The fourth-order valence-corrected chi connectivity index (χ4v) is 2.27. The van der Waals surface area contributed by atoms with Crippen molar-refractivity contribution in [1.29, 1.82) is 0 Å². The molecule has 1 amide bonds. The van der Waals surface area contributed by atoms with Crippen molar-refractivity contribution in [1.82, 2.24) is 15.4 Å². The molecule has 3 aromatic rings. The molecule has 0 aliphatic heterocycles. The summed E-state index contributed by atoms with van der Waals surface area (Å²) in [5, 5.41) is 5.20. The molecule has 2 aromatic heterocycles. The molecule has 3 rings (SSSR count).